The molecule has 0 saturated heterocycles. The molecule has 0 saturated carbocycles. The molecule has 0 spiro atoms. The van der Waals surface area contributed by atoms with Gasteiger partial charge >= 0.3 is 136 Å². The molecule has 0 bridgehead atoms. The molecule has 0 fully saturated rings. The van der Waals surface area contributed by atoms with E-state index in [1.54, 1.807) is 0 Å². The third-order valence-corrected chi connectivity index (χ3v) is 15.1. The first-order valence-corrected chi connectivity index (χ1v) is 14.2. The van der Waals surface area contributed by atoms with Crippen molar-refractivity contribution in [3.63, 3.8) is 0 Å². The van der Waals surface area contributed by atoms with Crippen LogP contribution >= 0.6 is 0 Å². The number of hydrogen-bond acceptors (Lipinski definition) is 4. The standard InChI is InChI=1S/C16H40GeN4/c1-18(2)13-9-17(10-14-19(3)4,11-15-20(5)6)12-16-21(7)8/h9-16H2,1-8H3. The fraction of sp³-hybridized carbons (Fsp3) is 1.00. The first kappa shape index (κ1) is 21.4. The molecule has 0 aromatic carbocycles. The van der Waals surface area contributed by atoms with Crippen molar-refractivity contribution in [1.29, 1.82) is 0 Å². The Morgan fingerprint density at radius 3 is 0.762 bits per heavy atom. The molecular weight excluding hydrogens is 321 g/mol. The topological polar surface area (TPSA) is 13.0 Å². The van der Waals surface area contributed by atoms with Crippen LogP contribution in [-0.2, 0) is 0 Å². The summed E-state index contributed by atoms with van der Waals surface area (Å²) in [6.07, 6.45) is 0. The van der Waals surface area contributed by atoms with Gasteiger partial charge in [0.25, 0.3) is 0 Å². The molecule has 5 heteroatoms. The fourth-order valence-corrected chi connectivity index (χ4v) is 13.5. The van der Waals surface area contributed by atoms with Crippen molar-refractivity contribution in [2.75, 3.05) is 82.6 Å². The zero-order chi connectivity index (χ0) is 16.5. The fourth-order valence-electron chi connectivity index (χ4n) is 2.59. The Bertz CT molecular complexity index is 201. The van der Waals surface area contributed by atoms with Crippen molar-refractivity contribution in [2.24, 2.45) is 0 Å². The second-order valence-electron chi connectivity index (χ2n) is 7.71. The van der Waals surface area contributed by atoms with Gasteiger partial charge in [-0.1, -0.05) is 0 Å². The quantitative estimate of drug-likeness (QED) is 0.491. The molecule has 21 heavy (non-hydrogen) atoms. The summed E-state index contributed by atoms with van der Waals surface area (Å²) >= 11 is -1.80. The van der Waals surface area contributed by atoms with E-state index >= 15 is 0 Å². The van der Waals surface area contributed by atoms with Crippen molar-refractivity contribution >= 4 is 13.3 Å². The van der Waals surface area contributed by atoms with Crippen molar-refractivity contribution < 1.29 is 0 Å². The summed E-state index contributed by atoms with van der Waals surface area (Å²) in [7, 11) is 17.8. The zero-order valence-electron chi connectivity index (χ0n) is 15.9. The molecule has 0 radical (unpaired) electrons. The second-order valence-corrected chi connectivity index (χ2v) is 18.2. The SMILES string of the molecule is CN(C)C[CH2][Ge]([CH2]CN(C)C)([CH2]CN(C)C)[CH2]CN(C)C. The van der Waals surface area contributed by atoms with Gasteiger partial charge in [-0.25, -0.2) is 0 Å². The van der Waals surface area contributed by atoms with E-state index < -0.39 is 13.3 Å². The van der Waals surface area contributed by atoms with Gasteiger partial charge in [-0.15, -0.1) is 0 Å². The minimum absolute atomic E-state index is 1.27. The Morgan fingerprint density at radius 1 is 0.429 bits per heavy atom. The second kappa shape index (κ2) is 11.0. The van der Waals surface area contributed by atoms with Gasteiger partial charge in [0, 0.05) is 0 Å². The molecule has 0 aromatic heterocycles. The summed E-state index contributed by atoms with van der Waals surface area (Å²) in [6, 6.07) is 0. The average molecular weight is 361 g/mol. The predicted octanol–water partition coefficient (Wildman–Crippen LogP) is 1.68. The van der Waals surface area contributed by atoms with Crippen LogP contribution < -0.4 is 0 Å². The molecular formula is C16H40GeN4. The van der Waals surface area contributed by atoms with Gasteiger partial charge in [0.15, 0.2) is 0 Å². The molecule has 0 aliphatic rings. The molecule has 0 rings (SSSR count). The maximum atomic E-state index is 2.38. The Balaban J connectivity index is 4.85. The summed E-state index contributed by atoms with van der Waals surface area (Å²) in [5.74, 6) is 0. The van der Waals surface area contributed by atoms with E-state index in [2.05, 4.69) is 76.0 Å². The molecule has 0 unspecified atom stereocenters. The van der Waals surface area contributed by atoms with Crippen LogP contribution in [0.25, 0.3) is 0 Å². The molecule has 0 aliphatic carbocycles. The Kier molecular flexibility index (Phi) is 11.2. The monoisotopic (exact) mass is 362 g/mol. The first-order valence-electron chi connectivity index (χ1n) is 8.26. The van der Waals surface area contributed by atoms with Crippen molar-refractivity contribution in [3.05, 3.63) is 0 Å². The van der Waals surface area contributed by atoms with Crippen LogP contribution in [0.15, 0.2) is 0 Å². The van der Waals surface area contributed by atoms with Crippen LogP contribution in [0, 0.1) is 0 Å². The molecule has 0 heterocycles. The number of nitrogens with zero attached hydrogens (tertiary/aromatic N) is 4. The third kappa shape index (κ3) is 11.6. The first-order chi connectivity index (χ1) is 9.67. The van der Waals surface area contributed by atoms with Gasteiger partial charge < -0.3 is 0 Å². The Hall–Kier alpha value is 0.383. The van der Waals surface area contributed by atoms with E-state index in [-0.39, 0.29) is 0 Å². The van der Waals surface area contributed by atoms with Gasteiger partial charge in [-0.3, -0.25) is 0 Å². The molecule has 128 valence electrons. The Labute approximate surface area is 136 Å². The van der Waals surface area contributed by atoms with Crippen molar-refractivity contribution in [3.8, 4) is 0 Å². The third-order valence-electron chi connectivity index (χ3n) is 4.36. The molecule has 0 N–H and O–H groups in total. The predicted molar refractivity (Wildman–Crippen MR) is 99.2 cm³/mol. The van der Waals surface area contributed by atoms with Gasteiger partial charge in [-0.05, 0) is 0 Å². The summed E-state index contributed by atoms with van der Waals surface area (Å²) in [5, 5.41) is 5.95. The number of hydrogen-bond donors (Lipinski definition) is 0. The zero-order valence-corrected chi connectivity index (χ0v) is 18.0. The van der Waals surface area contributed by atoms with Crippen LogP contribution in [-0.4, -0.2) is 115 Å². The van der Waals surface area contributed by atoms with Crippen LogP contribution in [0.3, 0.4) is 0 Å². The summed E-state index contributed by atoms with van der Waals surface area (Å²) < 4.78 is 0. The van der Waals surface area contributed by atoms with Crippen molar-refractivity contribution in [1.82, 2.24) is 19.6 Å². The molecule has 0 amide bonds. The van der Waals surface area contributed by atoms with E-state index in [0.29, 0.717) is 0 Å². The number of rotatable bonds is 12. The minimum atomic E-state index is -1.80. The Morgan fingerprint density at radius 2 is 0.619 bits per heavy atom. The molecule has 4 nitrogen and oxygen atoms in total. The van der Waals surface area contributed by atoms with Gasteiger partial charge in [0.1, 0.15) is 0 Å². The van der Waals surface area contributed by atoms with E-state index in [0.717, 1.165) is 0 Å². The van der Waals surface area contributed by atoms with Crippen LogP contribution in [0.1, 0.15) is 0 Å². The van der Waals surface area contributed by atoms with E-state index in [1.807, 2.05) is 0 Å². The van der Waals surface area contributed by atoms with E-state index in [1.165, 1.54) is 47.2 Å². The van der Waals surface area contributed by atoms with E-state index in [4.69, 9.17) is 0 Å². The normalized spacial score (nSPS) is 13.1. The van der Waals surface area contributed by atoms with E-state index in [9.17, 15) is 0 Å². The maximum absolute atomic E-state index is 2.38. The summed E-state index contributed by atoms with van der Waals surface area (Å²) in [5.41, 5.74) is 0. The van der Waals surface area contributed by atoms with Gasteiger partial charge in [0.05, 0.1) is 0 Å². The van der Waals surface area contributed by atoms with Gasteiger partial charge in [0.2, 0.25) is 0 Å². The van der Waals surface area contributed by atoms with Gasteiger partial charge in [-0.2, -0.15) is 0 Å². The van der Waals surface area contributed by atoms with Crippen LogP contribution in [0.5, 0.6) is 0 Å². The molecule has 0 aromatic rings. The summed E-state index contributed by atoms with van der Waals surface area (Å²) in [4.78, 5) is 9.50. The van der Waals surface area contributed by atoms with Crippen LogP contribution in [0.2, 0.25) is 21.0 Å². The van der Waals surface area contributed by atoms with Crippen LogP contribution in [0.4, 0.5) is 0 Å². The molecule has 0 atom stereocenters. The average Bonchev–Trinajstić information content (AvgIpc) is 2.36. The molecule has 0 aliphatic heterocycles. The van der Waals surface area contributed by atoms with Crippen molar-refractivity contribution in [2.45, 2.75) is 21.0 Å². The summed E-state index contributed by atoms with van der Waals surface area (Å²) in [6.45, 7) is 5.09.